The van der Waals surface area contributed by atoms with Crippen molar-refractivity contribution in [3.8, 4) is 5.75 Å². The van der Waals surface area contributed by atoms with Crippen LogP contribution in [0.15, 0.2) is 30.3 Å². The SMILES string of the molecule is COc1ccc(C2=CC(=O)NC2(C)O)cc1. The third kappa shape index (κ3) is 1.79. The van der Waals surface area contributed by atoms with Crippen LogP contribution < -0.4 is 10.1 Å². The summed E-state index contributed by atoms with van der Waals surface area (Å²) in [6, 6.07) is 7.18. The molecule has 4 nitrogen and oxygen atoms in total. The fraction of sp³-hybridized carbons (Fsp3) is 0.250. The van der Waals surface area contributed by atoms with Crippen LogP contribution in [-0.4, -0.2) is 23.8 Å². The van der Waals surface area contributed by atoms with Crippen LogP contribution in [0.1, 0.15) is 12.5 Å². The van der Waals surface area contributed by atoms with Gasteiger partial charge in [-0.15, -0.1) is 0 Å². The molecule has 0 spiro atoms. The number of carbonyl (C=O) groups is 1. The second kappa shape index (κ2) is 3.64. The van der Waals surface area contributed by atoms with Gasteiger partial charge in [0.25, 0.3) is 0 Å². The lowest BCUT2D eigenvalue weighted by Gasteiger charge is -2.21. The highest BCUT2D eigenvalue weighted by atomic mass is 16.5. The number of ether oxygens (including phenoxy) is 1. The number of aliphatic hydroxyl groups is 1. The molecule has 0 radical (unpaired) electrons. The first kappa shape index (κ1) is 10.7. The number of hydrogen-bond donors (Lipinski definition) is 2. The molecule has 2 N–H and O–H groups in total. The standard InChI is InChI=1S/C12H13NO3/c1-12(15)10(7-11(14)13-12)8-3-5-9(16-2)6-4-8/h3-7,15H,1-2H3,(H,13,14). The third-order valence-corrected chi connectivity index (χ3v) is 2.57. The molecule has 0 aromatic heterocycles. The molecule has 1 aliphatic heterocycles. The first-order valence-corrected chi connectivity index (χ1v) is 4.94. The Morgan fingerprint density at radius 2 is 1.94 bits per heavy atom. The Bertz CT molecular complexity index is 446. The summed E-state index contributed by atoms with van der Waals surface area (Å²) in [6.07, 6.45) is 1.40. The molecule has 4 heteroatoms. The third-order valence-electron chi connectivity index (χ3n) is 2.57. The Kier molecular flexibility index (Phi) is 2.44. The van der Waals surface area contributed by atoms with E-state index < -0.39 is 5.72 Å². The number of methoxy groups -OCH3 is 1. The number of carbonyl (C=O) groups excluding carboxylic acids is 1. The maximum atomic E-state index is 11.2. The summed E-state index contributed by atoms with van der Waals surface area (Å²) in [5.74, 6) is 0.456. The molecule has 0 saturated heterocycles. The van der Waals surface area contributed by atoms with E-state index in [4.69, 9.17) is 4.74 Å². The zero-order valence-corrected chi connectivity index (χ0v) is 9.15. The van der Waals surface area contributed by atoms with Crippen molar-refractivity contribution in [2.75, 3.05) is 7.11 Å². The van der Waals surface area contributed by atoms with Gasteiger partial charge in [0.15, 0.2) is 5.72 Å². The molecule has 0 aliphatic carbocycles. The van der Waals surface area contributed by atoms with Gasteiger partial charge in [-0.25, -0.2) is 0 Å². The van der Waals surface area contributed by atoms with Crippen LogP contribution in [0.3, 0.4) is 0 Å². The smallest absolute Gasteiger partial charge is 0.246 e. The maximum absolute atomic E-state index is 11.2. The average molecular weight is 219 g/mol. The highest BCUT2D eigenvalue weighted by Gasteiger charge is 2.34. The summed E-state index contributed by atoms with van der Waals surface area (Å²) < 4.78 is 5.04. The molecule has 0 saturated carbocycles. The quantitative estimate of drug-likeness (QED) is 0.777. The number of amides is 1. The lowest BCUT2D eigenvalue weighted by atomic mass is 9.99. The molecule has 0 fully saturated rings. The van der Waals surface area contributed by atoms with Gasteiger partial charge in [0.05, 0.1) is 7.11 Å². The summed E-state index contributed by atoms with van der Waals surface area (Å²) in [4.78, 5) is 11.2. The van der Waals surface area contributed by atoms with E-state index in [2.05, 4.69) is 5.32 Å². The van der Waals surface area contributed by atoms with Crippen molar-refractivity contribution in [3.05, 3.63) is 35.9 Å². The average Bonchev–Trinajstić information content (AvgIpc) is 2.52. The highest BCUT2D eigenvalue weighted by Crippen LogP contribution is 2.29. The minimum absolute atomic E-state index is 0.282. The molecule has 16 heavy (non-hydrogen) atoms. The second-order valence-electron chi connectivity index (χ2n) is 3.85. The Morgan fingerprint density at radius 3 is 2.38 bits per heavy atom. The number of rotatable bonds is 2. The van der Waals surface area contributed by atoms with Crippen molar-refractivity contribution in [1.82, 2.24) is 5.32 Å². The number of nitrogens with one attached hydrogen (secondary N) is 1. The predicted molar refractivity (Wildman–Crippen MR) is 59.7 cm³/mol. The first-order valence-electron chi connectivity index (χ1n) is 4.94. The Hall–Kier alpha value is -1.81. The van der Waals surface area contributed by atoms with Crippen molar-refractivity contribution in [2.24, 2.45) is 0 Å². The molecule has 1 unspecified atom stereocenters. The fourth-order valence-corrected chi connectivity index (χ4v) is 1.75. The lowest BCUT2D eigenvalue weighted by molar-refractivity contribution is -0.119. The molecule has 1 aromatic rings. The molecule has 1 heterocycles. The van der Waals surface area contributed by atoms with Crippen LogP contribution in [0.2, 0.25) is 0 Å². The topological polar surface area (TPSA) is 58.6 Å². The molecule has 84 valence electrons. The monoisotopic (exact) mass is 219 g/mol. The Morgan fingerprint density at radius 1 is 1.31 bits per heavy atom. The number of benzene rings is 1. The van der Waals surface area contributed by atoms with Gasteiger partial charge >= 0.3 is 0 Å². The molecular weight excluding hydrogens is 206 g/mol. The van der Waals surface area contributed by atoms with E-state index in [1.54, 1.807) is 38.3 Å². The molecule has 1 amide bonds. The molecule has 1 aliphatic rings. The Labute approximate surface area is 93.5 Å². The van der Waals surface area contributed by atoms with Crippen LogP contribution in [0.5, 0.6) is 5.75 Å². The van der Waals surface area contributed by atoms with E-state index >= 15 is 0 Å². The minimum Gasteiger partial charge on any atom is -0.497 e. The van der Waals surface area contributed by atoms with Gasteiger partial charge in [0.2, 0.25) is 5.91 Å². The van der Waals surface area contributed by atoms with Gasteiger partial charge in [0, 0.05) is 11.6 Å². The molecule has 1 atom stereocenters. The minimum atomic E-state index is -1.30. The first-order chi connectivity index (χ1) is 7.53. The normalized spacial score (nSPS) is 23.9. The van der Waals surface area contributed by atoms with Gasteiger partial charge in [-0.3, -0.25) is 4.79 Å². The molecule has 1 aromatic carbocycles. The zero-order valence-electron chi connectivity index (χ0n) is 9.15. The van der Waals surface area contributed by atoms with Crippen molar-refractivity contribution in [3.63, 3.8) is 0 Å². The zero-order chi connectivity index (χ0) is 11.8. The molecule has 0 bridgehead atoms. The lowest BCUT2D eigenvalue weighted by Crippen LogP contribution is -2.40. The van der Waals surface area contributed by atoms with Gasteiger partial charge in [0.1, 0.15) is 5.75 Å². The van der Waals surface area contributed by atoms with Crippen LogP contribution in [0.25, 0.3) is 5.57 Å². The summed E-state index contributed by atoms with van der Waals surface area (Å²) in [5.41, 5.74) is 0.0652. The van der Waals surface area contributed by atoms with Gasteiger partial charge in [-0.2, -0.15) is 0 Å². The van der Waals surface area contributed by atoms with E-state index in [1.807, 2.05) is 0 Å². The molecule has 2 rings (SSSR count). The van der Waals surface area contributed by atoms with Gasteiger partial charge in [-0.05, 0) is 24.6 Å². The Balaban J connectivity index is 2.37. The van der Waals surface area contributed by atoms with E-state index in [-0.39, 0.29) is 5.91 Å². The summed E-state index contributed by atoms with van der Waals surface area (Å²) in [6.45, 7) is 1.55. The van der Waals surface area contributed by atoms with Gasteiger partial charge in [-0.1, -0.05) is 12.1 Å². The van der Waals surface area contributed by atoms with E-state index in [1.165, 1.54) is 6.08 Å². The van der Waals surface area contributed by atoms with E-state index in [9.17, 15) is 9.90 Å². The highest BCUT2D eigenvalue weighted by molar-refractivity contribution is 6.02. The van der Waals surface area contributed by atoms with E-state index in [0.717, 1.165) is 11.3 Å². The summed E-state index contributed by atoms with van der Waals surface area (Å²) in [7, 11) is 1.59. The van der Waals surface area contributed by atoms with Crippen molar-refractivity contribution in [1.29, 1.82) is 0 Å². The van der Waals surface area contributed by atoms with Crippen molar-refractivity contribution < 1.29 is 14.6 Å². The van der Waals surface area contributed by atoms with Crippen molar-refractivity contribution in [2.45, 2.75) is 12.6 Å². The van der Waals surface area contributed by atoms with Crippen molar-refractivity contribution >= 4 is 11.5 Å². The largest absolute Gasteiger partial charge is 0.497 e. The fourth-order valence-electron chi connectivity index (χ4n) is 1.75. The van der Waals surface area contributed by atoms with Crippen LogP contribution in [0.4, 0.5) is 0 Å². The second-order valence-corrected chi connectivity index (χ2v) is 3.85. The predicted octanol–water partition coefficient (Wildman–Crippen LogP) is 0.917. The van der Waals surface area contributed by atoms with Crippen LogP contribution in [0, 0.1) is 0 Å². The van der Waals surface area contributed by atoms with Gasteiger partial charge < -0.3 is 15.2 Å². The summed E-state index contributed by atoms with van der Waals surface area (Å²) >= 11 is 0. The van der Waals surface area contributed by atoms with E-state index in [0.29, 0.717) is 5.57 Å². The van der Waals surface area contributed by atoms with Crippen LogP contribution >= 0.6 is 0 Å². The summed E-state index contributed by atoms with van der Waals surface area (Å²) in [5, 5.41) is 12.4. The van der Waals surface area contributed by atoms with Crippen LogP contribution in [-0.2, 0) is 4.79 Å². The number of hydrogen-bond acceptors (Lipinski definition) is 3. The molecular formula is C12H13NO3. The maximum Gasteiger partial charge on any atom is 0.246 e.